The number of carbonyl (C=O) groups is 2. The van der Waals surface area contributed by atoms with Crippen LogP contribution in [0.5, 0.6) is 0 Å². The molecule has 0 saturated carbocycles. The minimum atomic E-state index is -1.61. The zero-order valence-electron chi connectivity index (χ0n) is 12.3. The lowest BCUT2D eigenvalue weighted by atomic mass is 10.1. The molecule has 0 aromatic heterocycles. The molecule has 7 heteroatoms. The first-order valence-electron chi connectivity index (χ1n) is 7.04. The predicted octanol–water partition coefficient (Wildman–Crippen LogP) is 1.01. The Morgan fingerprint density at radius 2 is 2.14 bits per heavy atom. The van der Waals surface area contributed by atoms with Crippen LogP contribution in [0.2, 0.25) is 0 Å². The highest BCUT2D eigenvalue weighted by molar-refractivity contribution is 6.28. The fourth-order valence-corrected chi connectivity index (χ4v) is 2.10. The molecule has 1 aliphatic rings. The van der Waals surface area contributed by atoms with Crippen LogP contribution in [0.25, 0.3) is 0 Å². The number of nitrogens with zero attached hydrogens (tertiary/aromatic N) is 1. The van der Waals surface area contributed by atoms with Crippen LogP contribution in [-0.2, 0) is 23.9 Å². The van der Waals surface area contributed by atoms with Gasteiger partial charge in [0, 0.05) is 0 Å². The number of hydrogen-bond donors (Lipinski definition) is 1. The number of morpholine rings is 1. The summed E-state index contributed by atoms with van der Waals surface area (Å²) in [5, 5.41) is 9.82. The molecule has 0 radical (unpaired) electrons. The quantitative estimate of drug-likeness (QED) is 0.812. The van der Waals surface area contributed by atoms with Gasteiger partial charge in [-0.1, -0.05) is 30.3 Å². The van der Waals surface area contributed by atoms with E-state index in [1.807, 2.05) is 37.3 Å². The Balaban J connectivity index is 1.78. The number of aliphatic carboxylic acids is 1. The van der Waals surface area contributed by atoms with E-state index in [1.165, 1.54) is 5.06 Å². The Bertz CT molecular complexity index is 506. The summed E-state index contributed by atoms with van der Waals surface area (Å²) in [6.07, 6.45) is -0.358. The standard InChI is InChI=1S/C15H19NO6/c1-11(12-5-3-2-4-6-12)21-10-13-9-16(7-8-20-13)22-15(19)14(17)18/h2-6,11,13H,7-10H2,1H3,(H,17,18). The van der Waals surface area contributed by atoms with Gasteiger partial charge in [-0.2, -0.15) is 0 Å². The lowest BCUT2D eigenvalue weighted by Crippen LogP contribution is -2.46. The molecular weight excluding hydrogens is 290 g/mol. The molecule has 1 fully saturated rings. The van der Waals surface area contributed by atoms with Gasteiger partial charge < -0.3 is 19.4 Å². The molecular formula is C15H19NO6. The highest BCUT2D eigenvalue weighted by Gasteiger charge is 2.26. The van der Waals surface area contributed by atoms with Gasteiger partial charge in [-0.3, -0.25) is 0 Å². The Labute approximate surface area is 128 Å². The summed E-state index contributed by atoms with van der Waals surface area (Å²) in [4.78, 5) is 26.2. The predicted molar refractivity (Wildman–Crippen MR) is 75.8 cm³/mol. The average Bonchev–Trinajstić information content (AvgIpc) is 2.53. The maximum absolute atomic E-state index is 11.0. The Morgan fingerprint density at radius 1 is 1.41 bits per heavy atom. The number of carboxylic acid groups (broad SMARTS) is 1. The van der Waals surface area contributed by atoms with Gasteiger partial charge in [-0.25, -0.2) is 9.59 Å². The fourth-order valence-electron chi connectivity index (χ4n) is 2.10. The summed E-state index contributed by atoms with van der Waals surface area (Å²) >= 11 is 0. The first-order chi connectivity index (χ1) is 10.6. The van der Waals surface area contributed by atoms with Crippen molar-refractivity contribution in [2.45, 2.75) is 19.1 Å². The van der Waals surface area contributed by atoms with Gasteiger partial charge in [0.1, 0.15) is 0 Å². The minimum absolute atomic E-state index is 0.0817. The molecule has 1 aliphatic heterocycles. The lowest BCUT2D eigenvalue weighted by Gasteiger charge is -2.31. The van der Waals surface area contributed by atoms with Gasteiger partial charge in [0.15, 0.2) is 0 Å². The van der Waals surface area contributed by atoms with Crippen molar-refractivity contribution in [1.82, 2.24) is 5.06 Å². The van der Waals surface area contributed by atoms with E-state index in [1.54, 1.807) is 0 Å². The van der Waals surface area contributed by atoms with Crippen LogP contribution in [-0.4, -0.2) is 54.5 Å². The van der Waals surface area contributed by atoms with Crippen LogP contribution in [0.1, 0.15) is 18.6 Å². The first-order valence-corrected chi connectivity index (χ1v) is 7.04. The molecule has 1 aromatic rings. The number of hydrogen-bond acceptors (Lipinski definition) is 6. The van der Waals surface area contributed by atoms with Crippen LogP contribution in [0.4, 0.5) is 0 Å². The number of benzene rings is 1. The fraction of sp³-hybridized carbons (Fsp3) is 0.467. The molecule has 1 aromatic carbocycles. The van der Waals surface area contributed by atoms with Crippen molar-refractivity contribution in [3.8, 4) is 0 Å². The summed E-state index contributed by atoms with van der Waals surface area (Å²) < 4.78 is 11.3. The van der Waals surface area contributed by atoms with Crippen molar-refractivity contribution < 1.29 is 29.0 Å². The van der Waals surface area contributed by atoms with Crippen molar-refractivity contribution in [3.63, 3.8) is 0 Å². The normalized spacial score (nSPS) is 20.3. The van der Waals surface area contributed by atoms with Crippen LogP contribution in [0.15, 0.2) is 30.3 Å². The van der Waals surface area contributed by atoms with Crippen molar-refractivity contribution in [2.75, 3.05) is 26.3 Å². The number of ether oxygens (including phenoxy) is 2. The zero-order valence-corrected chi connectivity index (χ0v) is 12.3. The van der Waals surface area contributed by atoms with E-state index >= 15 is 0 Å². The van der Waals surface area contributed by atoms with Crippen LogP contribution in [0, 0.1) is 0 Å². The van der Waals surface area contributed by atoms with Gasteiger partial charge in [0.05, 0.1) is 38.5 Å². The van der Waals surface area contributed by atoms with E-state index < -0.39 is 11.9 Å². The molecule has 2 atom stereocenters. The van der Waals surface area contributed by atoms with Crippen molar-refractivity contribution >= 4 is 11.9 Å². The topological polar surface area (TPSA) is 85.3 Å². The van der Waals surface area contributed by atoms with Crippen LogP contribution in [0.3, 0.4) is 0 Å². The van der Waals surface area contributed by atoms with Gasteiger partial charge in [-0.05, 0) is 12.5 Å². The molecule has 0 aliphatic carbocycles. The maximum Gasteiger partial charge on any atom is 0.436 e. The van der Waals surface area contributed by atoms with Crippen LogP contribution >= 0.6 is 0 Å². The first kappa shape index (κ1) is 16.4. The van der Waals surface area contributed by atoms with Gasteiger partial charge >= 0.3 is 11.9 Å². The van der Waals surface area contributed by atoms with E-state index in [9.17, 15) is 9.59 Å². The van der Waals surface area contributed by atoms with E-state index in [4.69, 9.17) is 19.4 Å². The molecule has 1 N–H and O–H groups in total. The molecule has 1 heterocycles. The maximum atomic E-state index is 11.0. The Hall–Kier alpha value is -1.96. The van der Waals surface area contributed by atoms with Crippen molar-refractivity contribution in [2.24, 2.45) is 0 Å². The second-order valence-electron chi connectivity index (χ2n) is 4.95. The van der Waals surface area contributed by atoms with Crippen molar-refractivity contribution in [1.29, 1.82) is 0 Å². The smallest absolute Gasteiger partial charge is 0.436 e. The third-order valence-corrected chi connectivity index (χ3v) is 3.29. The minimum Gasteiger partial charge on any atom is -0.473 e. The monoisotopic (exact) mass is 309 g/mol. The second-order valence-corrected chi connectivity index (χ2v) is 4.95. The number of carboxylic acids is 1. The average molecular weight is 309 g/mol. The molecule has 22 heavy (non-hydrogen) atoms. The highest BCUT2D eigenvalue weighted by atomic mass is 16.7. The summed E-state index contributed by atoms with van der Waals surface area (Å²) in [6.45, 7) is 3.24. The SMILES string of the molecule is CC(OCC1CN(OC(=O)C(=O)O)CCO1)c1ccccc1. The Kier molecular flexibility index (Phi) is 5.88. The largest absolute Gasteiger partial charge is 0.473 e. The van der Waals surface area contributed by atoms with Crippen molar-refractivity contribution in [3.05, 3.63) is 35.9 Å². The summed E-state index contributed by atoms with van der Waals surface area (Å²) in [5.41, 5.74) is 1.06. The molecule has 2 rings (SSSR count). The Morgan fingerprint density at radius 3 is 2.82 bits per heavy atom. The number of hydroxylamine groups is 2. The van der Waals surface area contributed by atoms with Gasteiger partial charge in [0.2, 0.25) is 0 Å². The summed E-state index contributed by atoms with van der Waals surface area (Å²) in [5.74, 6) is -2.91. The number of rotatable bonds is 5. The van der Waals surface area contributed by atoms with E-state index in [2.05, 4.69) is 0 Å². The van der Waals surface area contributed by atoms with Gasteiger partial charge in [-0.15, -0.1) is 5.06 Å². The van der Waals surface area contributed by atoms with E-state index in [-0.39, 0.29) is 18.8 Å². The molecule has 7 nitrogen and oxygen atoms in total. The molecule has 1 saturated heterocycles. The van der Waals surface area contributed by atoms with E-state index in [0.29, 0.717) is 19.8 Å². The highest BCUT2D eigenvalue weighted by Crippen LogP contribution is 2.17. The molecule has 0 amide bonds. The third kappa shape index (κ3) is 4.80. The summed E-state index contributed by atoms with van der Waals surface area (Å²) in [7, 11) is 0. The molecule has 120 valence electrons. The van der Waals surface area contributed by atoms with Crippen LogP contribution < -0.4 is 0 Å². The molecule has 0 spiro atoms. The number of carbonyl (C=O) groups excluding carboxylic acids is 1. The molecule has 0 bridgehead atoms. The third-order valence-electron chi connectivity index (χ3n) is 3.29. The van der Waals surface area contributed by atoms with Gasteiger partial charge in [0.25, 0.3) is 0 Å². The second kappa shape index (κ2) is 7.88. The lowest BCUT2D eigenvalue weighted by molar-refractivity contribution is -0.222. The summed E-state index contributed by atoms with van der Waals surface area (Å²) in [6, 6.07) is 9.79. The zero-order chi connectivity index (χ0) is 15.9. The molecule has 2 unspecified atom stereocenters. The van der Waals surface area contributed by atoms with E-state index in [0.717, 1.165) is 5.56 Å².